The minimum atomic E-state index is -0.259. The van der Waals surface area contributed by atoms with Gasteiger partial charge in [0.1, 0.15) is 0 Å². The van der Waals surface area contributed by atoms with Crippen LogP contribution in [0.4, 0.5) is 11.4 Å². The van der Waals surface area contributed by atoms with Gasteiger partial charge in [-0.15, -0.1) is 0 Å². The topological polar surface area (TPSA) is 58.2 Å². The molecular formula is C21H17ClN2O2. The number of halogens is 1. The van der Waals surface area contributed by atoms with Crippen molar-refractivity contribution in [2.45, 2.75) is 6.92 Å². The first-order valence-corrected chi connectivity index (χ1v) is 8.45. The summed E-state index contributed by atoms with van der Waals surface area (Å²) in [6.07, 6.45) is 0. The van der Waals surface area contributed by atoms with Crippen molar-refractivity contribution >= 4 is 34.8 Å². The fraction of sp³-hybridized carbons (Fsp3) is 0.0476. The van der Waals surface area contributed by atoms with Crippen molar-refractivity contribution in [2.75, 3.05) is 10.6 Å². The Bertz CT molecular complexity index is 938. The number of carbonyl (C=O) groups is 2. The number of amides is 2. The van der Waals surface area contributed by atoms with Crippen molar-refractivity contribution in [3.63, 3.8) is 0 Å². The van der Waals surface area contributed by atoms with Gasteiger partial charge in [-0.3, -0.25) is 9.59 Å². The summed E-state index contributed by atoms with van der Waals surface area (Å²) >= 11 is 5.97. The van der Waals surface area contributed by atoms with Crippen LogP contribution in [0.15, 0.2) is 72.8 Å². The number of carbonyl (C=O) groups excluding carboxylic acids is 2. The van der Waals surface area contributed by atoms with Crippen LogP contribution in [-0.2, 0) is 0 Å². The fourth-order valence-electron chi connectivity index (χ4n) is 2.42. The van der Waals surface area contributed by atoms with Crippen molar-refractivity contribution in [1.82, 2.24) is 0 Å². The zero-order valence-electron chi connectivity index (χ0n) is 14.1. The van der Waals surface area contributed by atoms with Crippen LogP contribution >= 0.6 is 11.6 Å². The Morgan fingerprint density at radius 2 is 1.35 bits per heavy atom. The summed E-state index contributed by atoms with van der Waals surface area (Å²) in [5.74, 6) is -0.487. The second-order valence-corrected chi connectivity index (χ2v) is 6.25. The molecule has 3 aromatic carbocycles. The minimum Gasteiger partial charge on any atom is -0.322 e. The molecule has 0 saturated carbocycles. The number of anilines is 2. The van der Waals surface area contributed by atoms with E-state index < -0.39 is 0 Å². The molecule has 2 amide bonds. The van der Waals surface area contributed by atoms with Gasteiger partial charge >= 0.3 is 0 Å². The first-order valence-electron chi connectivity index (χ1n) is 8.07. The smallest absolute Gasteiger partial charge is 0.255 e. The molecule has 0 unspecified atom stereocenters. The lowest BCUT2D eigenvalue weighted by molar-refractivity contribution is 0.101. The Balaban J connectivity index is 1.69. The number of hydrogen-bond acceptors (Lipinski definition) is 2. The maximum absolute atomic E-state index is 12.4. The molecule has 5 heteroatoms. The predicted molar refractivity (Wildman–Crippen MR) is 105 cm³/mol. The monoisotopic (exact) mass is 364 g/mol. The van der Waals surface area contributed by atoms with Crippen LogP contribution in [0.1, 0.15) is 26.3 Å². The summed E-state index contributed by atoms with van der Waals surface area (Å²) in [5, 5.41) is 6.19. The standard InChI is InChI=1S/C21H17ClN2O2/c1-14-7-12-17(22)13-19(14)24-21(26)16-10-8-15(9-11-16)20(25)23-18-5-3-2-4-6-18/h2-13H,1H3,(H,23,25)(H,24,26). The molecule has 0 spiro atoms. The van der Waals surface area contributed by atoms with Gasteiger partial charge < -0.3 is 10.6 Å². The molecule has 0 fully saturated rings. The molecule has 0 aliphatic heterocycles. The quantitative estimate of drug-likeness (QED) is 0.672. The van der Waals surface area contributed by atoms with E-state index in [9.17, 15) is 9.59 Å². The highest BCUT2D eigenvalue weighted by atomic mass is 35.5. The summed E-state index contributed by atoms with van der Waals surface area (Å²) in [6.45, 7) is 1.89. The van der Waals surface area contributed by atoms with Gasteiger partial charge in [-0.2, -0.15) is 0 Å². The lowest BCUT2D eigenvalue weighted by Gasteiger charge is -2.09. The number of para-hydroxylation sites is 1. The van der Waals surface area contributed by atoms with E-state index in [0.717, 1.165) is 11.3 Å². The molecule has 0 heterocycles. The Hall–Kier alpha value is -3.11. The normalized spacial score (nSPS) is 10.2. The van der Waals surface area contributed by atoms with Crippen molar-refractivity contribution < 1.29 is 9.59 Å². The Morgan fingerprint density at radius 1 is 0.769 bits per heavy atom. The highest BCUT2D eigenvalue weighted by Crippen LogP contribution is 2.21. The summed E-state index contributed by atoms with van der Waals surface area (Å²) in [7, 11) is 0. The molecule has 0 aromatic heterocycles. The number of benzene rings is 3. The van der Waals surface area contributed by atoms with E-state index in [4.69, 9.17) is 11.6 Å². The average Bonchev–Trinajstić information content (AvgIpc) is 2.65. The van der Waals surface area contributed by atoms with Gasteiger partial charge in [0.25, 0.3) is 11.8 Å². The molecule has 0 atom stereocenters. The number of aryl methyl sites for hydroxylation is 1. The van der Waals surface area contributed by atoms with Crippen molar-refractivity contribution in [3.8, 4) is 0 Å². The number of nitrogens with one attached hydrogen (secondary N) is 2. The zero-order valence-corrected chi connectivity index (χ0v) is 14.9. The third-order valence-electron chi connectivity index (χ3n) is 3.89. The third-order valence-corrected chi connectivity index (χ3v) is 4.12. The molecular weight excluding hydrogens is 348 g/mol. The Labute approximate surface area is 156 Å². The maximum Gasteiger partial charge on any atom is 0.255 e. The summed E-state index contributed by atoms with van der Waals surface area (Å²) in [4.78, 5) is 24.6. The van der Waals surface area contributed by atoms with Crippen LogP contribution < -0.4 is 10.6 Å². The number of hydrogen-bond donors (Lipinski definition) is 2. The minimum absolute atomic E-state index is 0.228. The van der Waals surface area contributed by atoms with E-state index >= 15 is 0 Å². The second kappa shape index (κ2) is 7.85. The van der Waals surface area contributed by atoms with Gasteiger partial charge in [-0.25, -0.2) is 0 Å². The van der Waals surface area contributed by atoms with Crippen LogP contribution in [-0.4, -0.2) is 11.8 Å². The van der Waals surface area contributed by atoms with Gasteiger partial charge in [0.2, 0.25) is 0 Å². The Kier molecular flexibility index (Phi) is 5.34. The Morgan fingerprint density at radius 3 is 1.96 bits per heavy atom. The third kappa shape index (κ3) is 4.29. The van der Waals surface area contributed by atoms with Gasteiger partial charge in [-0.1, -0.05) is 35.9 Å². The van der Waals surface area contributed by atoms with Gasteiger partial charge in [0, 0.05) is 27.5 Å². The van der Waals surface area contributed by atoms with Gasteiger partial charge in [-0.05, 0) is 61.0 Å². The van der Waals surface area contributed by atoms with Crippen molar-refractivity contribution in [1.29, 1.82) is 0 Å². The van der Waals surface area contributed by atoms with Crippen molar-refractivity contribution in [3.05, 3.63) is 94.5 Å². The van der Waals surface area contributed by atoms with Crippen LogP contribution in [0.25, 0.3) is 0 Å². The molecule has 0 aliphatic rings. The second-order valence-electron chi connectivity index (χ2n) is 5.81. The molecule has 130 valence electrons. The molecule has 3 aromatic rings. The van der Waals surface area contributed by atoms with E-state index in [1.54, 1.807) is 36.4 Å². The first kappa shape index (κ1) is 17.7. The predicted octanol–water partition coefficient (Wildman–Crippen LogP) is 5.15. The highest BCUT2D eigenvalue weighted by Gasteiger charge is 2.11. The molecule has 4 nitrogen and oxygen atoms in total. The first-order chi connectivity index (χ1) is 12.5. The molecule has 2 N–H and O–H groups in total. The highest BCUT2D eigenvalue weighted by molar-refractivity contribution is 6.31. The zero-order chi connectivity index (χ0) is 18.5. The van der Waals surface area contributed by atoms with Gasteiger partial charge in [0.15, 0.2) is 0 Å². The molecule has 0 saturated heterocycles. The number of rotatable bonds is 4. The van der Waals surface area contributed by atoms with E-state index in [0.29, 0.717) is 21.8 Å². The molecule has 3 rings (SSSR count). The molecule has 0 aliphatic carbocycles. The van der Waals surface area contributed by atoms with E-state index in [1.807, 2.05) is 43.3 Å². The van der Waals surface area contributed by atoms with Gasteiger partial charge in [0.05, 0.1) is 0 Å². The molecule has 0 bridgehead atoms. The summed E-state index contributed by atoms with van der Waals surface area (Å²) in [5.41, 5.74) is 3.23. The van der Waals surface area contributed by atoms with Crippen molar-refractivity contribution in [2.24, 2.45) is 0 Å². The SMILES string of the molecule is Cc1ccc(Cl)cc1NC(=O)c1ccc(C(=O)Nc2ccccc2)cc1. The van der Waals surface area contributed by atoms with E-state index in [1.165, 1.54) is 0 Å². The fourth-order valence-corrected chi connectivity index (χ4v) is 2.59. The lowest BCUT2D eigenvalue weighted by Crippen LogP contribution is -2.14. The van der Waals surface area contributed by atoms with Crippen LogP contribution in [0.5, 0.6) is 0 Å². The van der Waals surface area contributed by atoms with E-state index in [2.05, 4.69) is 10.6 Å². The average molecular weight is 365 g/mol. The summed E-state index contributed by atoms with van der Waals surface area (Å²) in [6, 6.07) is 21.0. The van der Waals surface area contributed by atoms with Crippen LogP contribution in [0.3, 0.4) is 0 Å². The summed E-state index contributed by atoms with van der Waals surface area (Å²) < 4.78 is 0. The molecule has 0 radical (unpaired) electrons. The van der Waals surface area contributed by atoms with E-state index in [-0.39, 0.29) is 11.8 Å². The van der Waals surface area contributed by atoms with Crippen LogP contribution in [0, 0.1) is 6.92 Å². The van der Waals surface area contributed by atoms with Crippen LogP contribution in [0.2, 0.25) is 5.02 Å². The maximum atomic E-state index is 12.4. The largest absolute Gasteiger partial charge is 0.322 e. The molecule has 26 heavy (non-hydrogen) atoms. The lowest BCUT2D eigenvalue weighted by atomic mass is 10.1.